The van der Waals surface area contributed by atoms with E-state index < -0.39 is 23.5 Å². The summed E-state index contributed by atoms with van der Waals surface area (Å²) in [7, 11) is 0. The van der Waals surface area contributed by atoms with Crippen molar-refractivity contribution in [2.75, 3.05) is 5.32 Å². The molecule has 2 aromatic carbocycles. The average Bonchev–Trinajstić information content (AvgIpc) is 2.64. The van der Waals surface area contributed by atoms with Gasteiger partial charge in [0.25, 0.3) is 11.5 Å². The van der Waals surface area contributed by atoms with Crippen molar-refractivity contribution in [2.24, 2.45) is 0 Å². The van der Waals surface area contributed by atoms with Crippen LogP contribution < -0.4 is 10.9 Å². The second-order valence-electron chi connectivity index (χ2n) is 5.61. The molecule has 0 saturated heterocycles. The van der Waals surface area contributed by atoms with E-state index in [1.54, 1.807) is 30.3 Å². The van der Waals surface area contributed by atoms with E-state index in [-0.39, 0.29) is 10.7 Å². The van der Waals surface area contributed by atoms with E-state index in [2.05, 4.69) is 15.5 Å². The van der Waals surface area contributed by atoms with Crippen LogP contribution in [0.2, 0.25) is 10.0 Å². The number of H-pyrrole nitrogens is 1. The topological polar surface area (TPSA) is 101 Å². The molecule has 0 radical (unpaired) electrons. The zero-order valence-electron chi connectivity index (χ0n) is 14.0. The number of rotatable bonds is 4. The summed E-state index contributed by atoms with van der Waals surface area (Å²) in [4.78, 5) is 36.5. The second-order valence-corrected chi connectivity index (χ2v) is 6.45. The summed E-state index contributed by atoms with van der Waals surface area (Å²) in [6.07, 6.45) is -1.13. The summed E-state index contributed by atoms with van der Waals surface area (Å²) in [5.41, 5.74) is -0.179. The molecule has 3 rings (SSSR count). The van der Waals surface area contributed by atoms with Crippen LogP contribution in [0.1, 0.15) is 17.4 Å². The number of aromatic amines is 1. The first kappa shape index (κ1) is 18.9. The first-order valence-corrected chi connectivity index (χ1v) is 8.56. The van der Waals surface area contributed by atoms with Crippen LogP contribution in [0.4, 0.5) is 5.69 Å². The molecular formula is C18H13Cl2N3O4. The lowest BCUT2D eigenvalue weighted by atomic mass is 10.1. The lowest BCUT2D eigenvalue weighted by Crippen LogP contribution is -2.30. The number of nitrogens with one attached hydrogen (secondary N) is 2. The minimum atomic E-state index is -1.13. The highest BCUT2D eigenvalue weighted by atomic mass is 35.5. The summed E-state index contributed by atoms with van der Waals surface area (Å²) in [6, 6.07) is 11.0. The fourth-order valence-corrected chi connectivity index (χ4v) is 2.82. The number of fused-ring (bicyclic) bond motifs is 1. The average molecular weight is 406 g/mol. The zero-order chi connectivity index (χ0) is 19.6. The van der Waals surface area contributed by atoms with Crippen molar-refractivity contribution in [2.45, 2.75) is 13.0 Å². The number of benzene rings is 2. The van der Waals surface area contributed by atoms with Crippen LogP contribution in [0.25, 0.3) is 10.8 Å². The monoisotopic (exact) mass is 405 g/mol. The Bertz CT molecular complexity index is 1100. The predicted molar refractivity (Wildman–Crippen MR) is 102 cm³/mol. The number of amides is 1. The molecule has 0 aliphatic carbocycles. The lowest BCUT2D eigenvalue weighted by molar-refractivity contribution is -0.123. The number of esters is 1. The highest BCUT2D eigenvalue weighted by Gasteiger charge is 2.22. The van der Waals surface area contributed by atoms with Gasteiger partial charge in [-0.1, -0.05) is 41.4 Å². The van der Waals surface area contributed by atoms with E-state index in [0.717, 1.165) is 0 Å². The molecule has 0 fully saturated rings. The quantitative estimate of drug-likeness (QED) is 0.647. The number of hydrogen-bond acceptors (Lipinski definition) is 5. The highest BCUT2D eigenvalue weighted by Crippen LogP contribution is 2.25. The van der Waals surface area contributed by atoms with Gasteiger partial charge in [-0.25, -0.2) is 9.89 Å². The van der Waals surface area contributed by atoms with Crippen molar-refractivity contribution in [3.8, 4) is 0 Å². The number of carbonyl (C=O) groups is 2. The van der Waals surface area contributed by atoms with Crippen LogP contribution in [0.15, 0.2) is 47.3 Å². The summed E-state index contributed by atoms with van der Waals surface area (Å²) in [5, 5.41) is 9.85. The fourth-order valence-electron chi connectivity index (χ4n) is 2.37. The Morgan fingerprint density at radius 2 is 1.85 bits per heavy atom. The molecule has 2 N–H and O–H groups in total. The molecule has 27 heavy (non-hydrogen) atoms. The first-order valence-electron chi connectivity index (χ1n) is 7.81. The minimum absolute atomic E-state index is 0.0885. The maximum absolute atomic E-state index is 12.4. The standard InChI is InChI=1S/C18H13Cl2N3O4/c1-9(16(24)21-14-7-6-10(19)8-13(14)20)27-18(26)15-11-4-2-3-5-12(11)17(25)23-22-15/h2-9H,1H3,(H,21,24)(H,23,25)/t9-/m1/s1. The Morgan fingerprint density at radius 3 is 2.56 bits per heavy atom. The van der Waals surface area contributed by atoms with Crippen molar-refractivity contribution in [1.29, 1.82) is 0 Å². The Balaban J connectivity index is 1.77. The van der Waals surface area contributed by atoms with Gasteiger partial charge in [-0.15, -0.1) is 0 Å². The lowest BCUT2D eigenvalue weighted by Gasteiger charge is -2.14. The van der Waals surface area contributed by atoms with Gasteiger partial charge >= 0.3 is 5.97 Å². The zero-order valence-corrected chi connectivity index (χ0v) is 15.5. The summed E-state index contributed by atoms with van der Waals surface area (Å²) < 4.78 is 5.18. The van der Waals surface area contributed by atoms with E-state index >= 15 is 0 Å². The van der Waals surface area contributed by atoms with Crippen molar-refractivity contribution in [3.63, 3.8) is 0 Å². The number of nitrogens with zero attached hydrogens (tertiary/aromatic N) is 1. The molecule has 1 aromatic heterocycles. The normalized spacial score (nSPS) is 11.8. The van der Waals surface area contributed by atoms with Gasteiger partial charge in [0.1, 0.15) is 0 Å². The molecular weight excluding hydrogens is 393 g/mol. The van der Waals surface area contributed by atoms with Crippen LogP contribution in [-0.2, 0) is 9.53 Å². The third kappa shape index (κ3) is 4.10. The van der Waals surface area contributed by atoms with Crippen LogP contribution >= 0.6 is 23.2 Å². The molecule has 0 aliphatic rings. The molecule has 0 saturated carbocycles. The number of hydrogen-bond donors (Lipinski definition) is 2. The van der Waals surface area contributed by atoms with Crippen LogP contribution in [-0.4, -0.2) is 28.2 Å². The van der Waals surface area contributed by atoms with E-state index in [9.17, 15) is 14.4 Å². The van der Waals surface area contributed by atoms with Gasteiger partial charge in [0.2, 0.25) is 0 Å². The molecule has 3 aromatic rings. The Hall–Kier alpha value is -2.90. The van der Waals surface area contributed by atoms with Gasteiger partial charge in [0.15, 0.2) is 11.8 Å². The van der Waals surface area contributed by atoms with E-state index in [4.69, 9.17) is 27.9 Å². The van der Waals surface area contributed by atoms with Crippen molar-refractivity contribution >= 4 is 51.5 Å². The van der Waals surface area contributed by atoms with Gasteiger partial charge in [0.05, 0.1) is 16.1 Å². The predicted octanol–water partition coefficient (Wildman–Crippen LogP) is 3.41. The van der Waals surface area contributed by atoms with E-state index in [0.29, 0.717) is 21.5 Å². The van der Waals surface area contributed by atoms with Gasteiger partial charge in [-0.05, 0) is 31.2 Å². The maximum Gasteiger partial charge on any atom is 0.360 e. The largest absolute Gasteiger partial charge is 0.448 e. The molecule has 1 atom stereocenters. The maximum atomic E-state index is 12.4. The number of aromatic nitrogens is 2. The SMILES string of the molecule is C[C@@H](OC(=O)c1n[nH]c(=O)c2ccccc12)C(=O)Nc1ccc(Cl)cc1Cl. The Kier molecular flexibility index (Phi) is 5.43. The molecule has 9 heteroatoms. The first-order chi connectivity index (χ1) is 12.9. The molecule has 1 heterocycles. The summed E-state index contributed by atoms with van der Waals surface area (Å²) in [6.45, 7) is 1.41. The molecule has 0 aliphatic heterocycles. The van der Waals surface area contributed by atoms with Crippen LogP contribution in [0, 0.1) is 0 Å². The van der Waals surface area contributed by atoms with E-state index in [1.165, 1.54) is 19.1 Å². The number of halogens is 2. The second kappa shape index (κ2) is 7.77. The third-order valence-corrected chi connectivity index (χ3v) is 4.28. The summed E-state index contributed by atoms with van der Waals surface area (Å²) in [5.74, 6) is -1.42. The molecule has 0 unspecified atom stereocenters. The Morgan fingerprint density at radius 1 is 1.15 bits per heavy atom. The van der Waals surface area contributed by atoms with Crippen molar-refractivity contribution in [3.05, 3.63) is 68.6 Å². The van der Waals surface area contributed by atoms with Gasteiger partial charge < -0.3 is 10.1 Å². The number of anilines is 1. The third-order valence-electron chi connectivity index (χ3n) is 3.73. The molecule has 0 bridgehead atoms. The van der Waals surface area contributed by atoms with Gasteiger partial charge in [-0.2, -0.15) is 5.10 Å². The Labute approximate surface area is 163 Å². The van der Waals surface area contributed by atoms with Gasteiger partial charge in [0, 0.05) is 10.4 Å². The van der Waals surface area contributed by atoms with E-state index in [1.807, 2.05) is 0 Å². The highest BCUT2D eigenvalue weighted by molar-refractivity contribution is 6.36. The molecule has 0 spiro atoms. The molecule has 1 amide bonds. The molecule has 7 nitrogen and oxygen atoms in total. The number of ether oxygens (including phenoxy) is 1. The number of carbonyl (C=O) groups excluding carboxylic acids is 2. The fraction of sp³-hybridized carbons (Fsp3) is 0.111. The summed E-state index contributed by atoms with van der Waals surface area (Å²) >= 11 is 11.8. The van der Waals surface area contributed by atoms with Crippen molar-refractivity contribution < 1.29 is 14.3 Å². The molecule has 138 valence electrons. The smallest absolute Gasteiger partial charge is 0.360 e. The minimum Gasteiger partial charge on any atom is -0.448 e. The van der Waals surface area contributed by atoms with Crippen molar-refractivity contribution in [1.82, 2.24) is 10.2 Å². The van der Waals surface area contributed by atoms with Gasteiger partial charge in [-0.3, -0.25) is 9.59 Å². The van der Waals surface area contributed by atoms with Crippen LogP contribution in [0.5, 0.6) is 0 Å². The van der Waals surface area contributed by atoms with Crippen LogP contribution in [0.3, 0.4) is 0 Å².